The van der Waals surface area contributed by atoms with Gasteiger partial charge in [-0.15, -0.1) is 0 Å². The van der Waals surface area contributed by atoms with Crippen molar-refractivity contribution in [2.75, 3.05) is 13.7 Å². The van der Waals surface area contributed by atoms with Crippen molar-refractivity contribution in [3.63, 3.8) is 0 Å². The second-order valence-electron chi connectivity index (χ2n) is 4.41. The number of sulfonamides is 1. The fraction of sp³-hybridized carbons (Fsp3) is 0.583. The highest BCUT2D eigenvalue weighted by Crippen LogP contribution is 2.20. The van der Waals surface area contributed by atoms with E-state index in [9.17, 15) is 13.2 Å². The molecule has 3 N–H and O–H groups in total. The Labute approximate surface area is 118 Å². The van der Waals surface area contributed by atoms with Crippen molar-refractivity contribution < 1.29 is 22.4 Å². The van der Waals surface area contributed by atoms with Crippen LogP contribution in [-0.2, 0) is 14.8 Å². The fourth-order valence-corrected chi connectivity index (χ4v) is 3.22. The van der Waals surface area contributed by atoms with E-state index >= 15 is 0 Å². The molecule has 0 radical (unpaired) electrons. The van der Waals surface area contributed by atoms with E-state index in [4.69, 9.17) is 10.2 Å². The minimum absolute atomic E-state index is 0.167. The number of hydrogen-bond donors (Lipinski definition) is 2. The maximum atomic E-state index is 12.2. The summed E-state index contributed by atoms with van der Waals surface area (Å²) in [5.41, 5.74) is 4.93. The molecule has 0 saturated carbocycles. The first-order chi connectivity index (χ1) is 9.34. The Morgan fingerprint density at radius 3 is 2.45 bits per heavy atom. The molecular weight excluding hydrogens is 284 g/mol. The zero-order valence-corrected chi connectivity index (χ0v) is 12.6. The topological polar surface area (TPSA) is 112 Å². The van der Waals surface area contributed by atoms with Crippen LogP contribution in [0.15, 0.2) is 21.6 Å². The molecule has 0 bridgehead atoms. The summed E-state index contributed by atoms with van der Waals surface area (Å²) in [5.74, 6) is -0.901. The van der Waals surface area contributed by atoms with Gasteiger partial charge in [-0.1, -0.05) is 13.8 Å². The van der Waals surface area contributed by atoms with Gasteiger partial charge in [0.1, 0.15) is 0 Å². The second-order valence-corrected chi connectivity index (χ2v) is 6.02. The molecule has 0 aromatic carbocycles. The van der Waals surface area contributed by atoms with Gasteiger partial charge in [-0.3, -0.25) is 0 Å². The van der Waals surface area contributed by atoms with E-state index < -0.39 is 21.5 Å². The van der Waals surface area contributed by atoms with Crippen molar-refractivity contribution in [1.82, 2.24) is 4.72 Å². The van der Waals surface area contributed by atoms with Gasteiger partial charge in [0.15, 0.2) is 0 Å². The van der Waals surface area contributed by atoms with Gasteiger partial charge < -0.3 is 14.9 Å². The summed E-state index contributed by atoms with van der Waals surface area (Å²) in [7, 11) is -2.69. The predicted octanol–water partition coefficient (Wildman–Crippen LogP) is 0.862. The minimum atomic E-state index is -3.88. The first-order valence-electron chi connectivity index (χ1n) is 6.26. The summed E-state index contributed by atoms with van der Waals surface area (Å²) in [6.07, 6.45) is 1.09. The molecule has 0 amide bonds. The van der Waals surface area contributed by atoms with Crippen LogP contribution in [0.5, 0.6) is 0 Å². The average Bonchev–Trinajstić information content (AvgIpc) is 2.94. The number of carbonyl (C=O) groups excluding carboxylic acids is 1. The number of methoxy groups -OCH3 is 1. The van der Waals surface area contributed by atoms with Crippen molar-refractivity contribution in [1.29, 1.82) is 0 Å². The minimum Gasteiger partial charge on any atom is -0.463 e. The summed E-state index contributed by atoms with van der Waals surface area (Å²) in [4.78, 5) is 11.3. The quantitative estimate of drug-likeness (QED) is 0.723. The van der Waals surface area contributed by atoms with Crippen LogP contribution in [0.2, 0.25) is 0 Å². The number of rotatable bonds is 7. The van der Waals surface area contributed by atoms with Crippen molar-refractivity contribution in [2.24, 2.45) is 5.73 Å². The smallest absolute Gasteiger partial charge is 0.374 e. The van der Waals surface area contributed by atoms with Gasteiger partial charge >= 0.3 is 5.97 Å². The van der Waals surface area contributed by atoms with Gasteiger partial charge in [0.2, 0.25) is 10.9 Å². The molecule has 20 heavy (non-hydrogen) atoms. The van der Waals surface area contributed by atoms with Crippen LogP contribution < -0.4 is 10.5 Å². The molecule has 8 heteroatoms. The molecule has 0 atom stereocenters. The fourth-order valence-electron chi connectivity index (χ4n) is 1.73. The zero-order valence-electron chi connectivity index (χ0n) is 11.8. The van der Waals surface area contributed by atoms with Crippen molar-refractivity contribution >= 4 is 16.0 Å². The van der Waals surface area contributed by atoms with Crippen LogP contribution in [-0.4, -0.2) is 33.6 Å². The first-order valence-corrected chi connectivity index (χ1v) is 7.74. The summed E-state index contributed by atoms with van der Waals surface area (Å²) in [5, 5.41) is -0.336. The van der Waals surface area contributed by atoms with Gasteiger partial charge in [0.05, 0.1) is 7.11 Å². The van der Waals surface area contributed by atoms with Crippen molar-refractivity contribution in [3.05, 3.63) is 17.9 Å². The Hall–Kier alpha value is -1.38. The van der Waals surface area contributed by atoms with Crippen LogP contribution in [0.4, 0.5) is 0 Å². The van der Waals surface area contributed by atoms with E-state index in [1.807, 2.05) is 13.8 Å². The highest BCUT2D eigenvalue weighted by Gasteiger charge is 2.32. The number of nitrogens with two attached hydrogens (primary N) is 1. The number of carbonyl (C=O) groups is 1. The van der Waals surface area contributed by atoms with Crippen LogP contribution in [0.25, 0.3) is 0 Å². The normalized spacial score (nSPS) is 12.4. The lowest BCUT2D eigenvalue weighted by atomic mass is 9.95. The lowest BCUT2D eigenvalue weighted by Crippen LogP contribution is -2.52. The van der Waals surface area contributed by atoms with E-state index in [0.717, 1.165) is 0 Å². The molecule has 1 rings (SSSR count). The number of esters is 1. The number of nitrogens with one attached hydrogen (secondary N) is 1. The molecule has 7 nitrogen and oxygen atoms in total. The highest BCUT2D eigenvalue weighted by molar-refractivity contribution is 7.89. The van der Waals surface area contributed by atoms with E-state index in [2.05, 4.69) is 9.46 Å². The third-order valence-electron chi connectivity index (χ3n) is 3.33. The summed E-state index contributed by atoms with van der Waals surface area (Å²) in [6, 6.07) is 2.46. The third kappa shape index (κ3) is 3.38. The van der Waals surface area contributed by atoms with Gasteiger partial charge in [0, 0.05) is 12.1 Å². The maximum Gasteiger partial charge on any atom is 0.374 e. The summed E-state index contributed by atoms with van der Waals surface area (Å²) in [6.45, 7) is 3.87. The van der Waals surface area contributed by atoms with Gasteiger partial charge in [-0.25, -0.2) is 17.9 Å². The first kappa shape index (κ1) is 16.7. The Kier molecular flexibility index (Phi) is 5.32. The Bertz CT molecular complexity index is 552. The van der Waals surface area contributed by atoms with Gasteiger partial charge in [0.25, 0.3) is 10.0 Å². The standard InChI is InChI=1S/C12H20N2O5S/c1-4-12(5-2,8-13)14-20(16,17)10-7-6-9(19-10)11(15)18-3/h6-7,14H,4-5,8,13H2,1-3H3. The van der Waals surface area contributed by atoms with Gasteiger partial charge in [-0.05, 0) is 25.0 Å². The molecule has 0 fully saturated rings. The summed E-state index contributed by atoms with van der Waals surface area (Å²) >= 11 is 0. The molecular formula is C12H20N2O5S. The zero-order chi connectivity index (χ0) is 15.4. The van der Waals surface area contributed by atoms with E-state index in [1.54, 1.807) is 0 Å². The Morgan fingerprint density at radius 2 is 2.00 bits per heavy atom. The molecule has 0 spiro atoms. The molecule has 1 aromatic heterocycles. The SMILES string of the molecule is CCC(CC)(CN)NS(=O)(=O)c1ccc(C(=O)OC)o1. The molecule has 1 heterocycles. The predicted molar refractivity (Wildman–Crippen MR) is 72.7 cm³/mol. The molecule has 114 valence electrons. The largest absolute Gasteiger partial charge is 0.463 e. The third-order valence-corrected chi connectivity index (χ3v) is 4.78. The van der Waals surface area contributed by atoms with Crippen LogP contribution in [0.1, 0.15) is 37.2 Å². The maximum absolute atomic E-state index is 12.2. The van der Waals surface area contributed by atoms with E-state index in [0.29, 0.717) is 12.8 Å². The number of furan rings is 1. The van der Waals surface area contributed by atoms with Crippen LogP contribution in [0, 0.1) is 0 Å². The van der Waals surface area contributed by atoms with E-state index in [1.165, 1.54) is 19.2 Å². The lowest BCUT2D eigenvalue weighted by Gasteiger charge is -2.30. The monoisotopic (exact) mass is 304 g/mol. The molecule has 0 aliphatic rings. The lowest BCUT2D eigenvalue weighted by molar-refractivity contribution is 0.0559. The van der Waals surface area contributed by atoms with Crippen LogP contribution >= 0.6 is 0 Å². The average molecular weight is 304 g/mol. The molecule has 0 aliphatic carbocycles. The molecule has 1 aromatic rings. The number of ether oxygens (including phenoxy) is 1. The van der Waals surface area contributed by atoms with Crippen LogP contribution in [0.3, 0.4) is 0 Å². The molecule has 0 aliphatic heterocycles. The Morgan fingerprint density at radius 1 is 1.40 bits per heavy atom. The highest BCUT2D eigenvalue weighted by atomic mass is 32.2. The van der Waals surface area contributed by atoms with Gasteiger partial charge in [-0.2, -0.15) is 0 Å². The molecule has 0 saturated heterocycles. The Balaban J connectivity index is 3.05. The van der Waals surface area contributed by atoms with Crippen molar-refractivity contribution in [3.8, 4) is 0 Å². The van der Waals surface area contributed by atoms with Crippen molar-refractivity contribution in [2.45, 2.75) is 37.3 Å². The van der Waals surface area contributed by atoms with E-state index in [-0.39, 0.29) is 17.4 Å². The molecule has 0 unspecified atom stereocenters. The summed E-state index contributed by atoms with van der Waals surface area (Å²) < 4.78 is 36.5. The number of hydrogen-bond acceptors (Lipinski definition) is 6. The second kappa shape index (κ2) is 6.38.